The van der Waals surface area contributed by atoms with E-state index in [0.717, 1.165) is 4.47 Å². The van der Waals surface area contributed by atoms with Gasteiger partial charge in [0.1, 0.15) is 0 Å². The molecule has 200 valence electrons. The van der Waals surface area contributed by atoms with Crippen molar-refractivity contribution >= 4 is 65.1 Å². The fraction of sp³-hybridized carbons (Fsp3) is 0.0870. The molecule has 0 bridgehead atoms. The van der Waals surface area contributed by atoms with Gasteiger partial charge in [0.05, 0.1) is 16.3 Å². The molecule has 5 N–H and O–H groups in total. The quantitative estimate of drug-likeness (QED) is 0.226. The molecule has 3 amide bonds. The second-order valence-electron chi connectivity index (χ2n) is 7.67. The number of carbonyl (C=O) groups excluding carboxylic acids is 3. The van der Waals surface area contributed by atoms with Gasteiger partial charge in [-0.05, 0) is 72.8 Å². The summed E-state index contributed by atoms with van der Waals surface area (Å²) in [6.07, 6.45) is 0. The number of hydrogen-bond acceptors (Lipinski definition) is 7. The molecule has 3 rings (SSSR count). The van der Waals surface area contributed by atoms with E-state index in [1.54, 1.807) is 12.1 Å². The van der Waals surface area contributed by atoms with Crippen LogP contribution in [0.2, 0.25) is 0 Å². The first-order chi connectivity index (χ1) is 17.9. The first kappa shape index (κ1) is 28.8. The molecule has 0 aliphatic carbocycles. The molecule has 0 atom stereocenters. The number of benzene rings is 3. The van der Waals surface area contributed by atoms with Crippen molar-refractivity contribution in [2.24, 2.45) is 0 Å². The molecule has 0 heterocycles. The third-order valence-electron chi connectivity index (χ3n) is 4.75. The second-order valence-corrected chi connectivity index (χ2v) is 12.0. The molecule has 0 saturated heterocycles. The van der Waals surface area contributed by atoms with E-state index in [2.05, 4.69) is 41.5 Å². The van der Waals surface area contributed by atoms with Crippen LogP contribution in [0, 0.1) is 0 Å². The number of sulfonamides is 2. The van der Waals surface area contributed by atoms with E-state index >= 15 is 0 Å². The lowest BCUT2D eigenvalue weighted by Gasteiger charge is -2.11. The highest BCUT2D eigenvalue weighted by atomic mass is 79.9. The van der Waals surface area contributed by atoms with Crippen molar-refractivity contribution in [3.05, 3.63) is 82.8 Å². The SMILES string of the molecule is CC(=O)Nc1ccc(S(=O)(=O)NCC(=O)NNC(=O)c2ccc(NS(=O)(=O)c3ccc(Br)cc3)cc2)cc1. The van der Waals surface area contributed by atoms with Gasteiger partial charge in [0.25, 0.3) is 21.8 Å². The Morgan fingerprint density at radius 1 is 0.711 bits per heavy atom. The number of hydrogen-bond donors (Lipinski definition) is 5. The normalized spacial score (nSPS) is 11.3. The molecular formula is C23H22BrN5O7S2. The van der Waals surface area contributed by atoms with Crippen LogP contribution in [0.25, 0.3) is 0 Å². The van der Waals surface area contributed by atoms with Gasteiger partial charge < -0.3 is 5.32 Å². The van der Waals surface area contributed by atoms with Gasteiger partial charge in [-0.3, -0.25) is 30.0 Å². The van der Waals surface area contributed by atoms with Crippen LogP contribution in [0.4, 0.5) is 11.4 Å². The monoisotopic (exact) mass is 623 g/mol. The van der Waals surface area contributed by atoms with Gasteiger partial charge in [-0.15, -0.1) is 0 Å². The highest BCUT2D eigenvalue weighted by Crippen LogP contribution is 2.19. The van der Waals surface area contributed by atoms with Crippen LogP contribution in [0.15, 0.2) is 87.1 Å². The fourth-order valence-corrected chi connectivity index (χ4v) is 5.23. The van der Waals surface area contributed by atoms with Crippen LogP contribution in [0.1, 0.15) is 17.3 Å². The number of rotatable bonds is 9. The van der Waals surface area contributed by atoms with Crippen LogP contribution < -0.4 is 25.6 Å². The molecule has 12 nitrogen and oxygen atoms in total. The molecule has 3 aromatic carbocycles. The molecule has 15 heteroatoms. The van der Waals surface area contributed by atoms with Gasteiger partial charge in [0.15, 0.2) is 0 Å². The first-order valence-electron chi connectivity index (χ1n) is 10.7. The first-order valence-corrected chi connectivity index (χ1v) is 14.5. The standard InChI is InChI=1S/C23H22BrN5O7S2/c1-15(30)26-18-8-12-20(13-9-18)37(33,34)25-14-22(31)27-28-23(32)16-2-6-19(7-3-16)29-38(35,36)21-10-4-17(24)5-11-21/h2-13,25,29H,14H2,1H3,(H,26,30)(H,27,31)(H,28,32). The van der Waals surface area contributed by atoms with Crippen molar-refractivity contribution < 1.29 is 31.2 Å². The molecule has 0 unspecified atom stereocenters. The van der Waals surface area contributed by atoms with E-state index in [-0.39, 0.29) is 26.9 Å². The van der Waals surface area contributed by atoms with E-state index in [9.17, 15) is 31.2 Å². The van der Waals surface area contributed by atoms with Gasteiger partial charge in [-0.1, -0.05) is 15.9 Å². The summed E-state index contributed by atoms with van der Waals surface area (Å²) in [4.78, 5) is 35.3. The van der Waals surface area contributed by atoms with Crippen molar-refractivity contribution in [1.29, 1.82) is 0 Å². The van der Waals surface area contributed by atoms with E-state index in [4.69, 9.17) is 0 Å². The van der Waals surface area contributed by atoms with Gasteiger partial charge in [0, 0.05) is 28.3 Å². The summed E-state index contributed by atoms with van der Waals surface area (Å²) in [5.74, 6) is -1.86. The summed E-state index contributed by atoms with van der Waals surface area (Å²) >= 11 is 3.24. The van der Waals surface area contributed by atoms with Crippen molar-refractivity contribution in [1.82, 2.24) is 15.6 Å². The Labute approximate surface area is 227 Å². The van der Waals surface area contributed by atoms with Crippen molar-refractivity contribution in [3.63, 3.8) is 0 Å². The topological polar surface area (TPSA) is 180 Å². The highest BCUT2D eigenvalue weighted by Gasteiger charge is 2.17. The summed E-state index contributed by atoms with van der Waals surface area (Å²) in [5.41, 5.74) is 4.96. The van der Waals surface area contributed by atoms with E-state index in [1.807, 2.05) is 0 Å². The third-order valence-corrected chi connectivity index (χ3v) is 8.09. The number of hydrazine groups is 1. The fourth-order valence-electron chi connectivity index (χ4n) is 2.92. The predicted octanol–water partition coefficient (Wildman–Crippen LogP) is 1.95. The zero-order valence-corrected chi connectivity index (χ0v) is 22.9. The molecule has 3 aromatic rings. The summed E-state index contributed by atoms with van der Waals surface area (Å²) < 4.78 is 54.9. The minimum atomic E-state index is -4.03. The molecule has 0 saturated carbocycles. The maximum Gasteiger partial charge on any atom is 0.269 e. The van der Waals surface area contributed by atoms with Crippen LogP contribution in [-0.4, -0.2) is 41.1 Å². The molecule has 0 radical (unpaired) electrons. The number of nitrogens with one attached hydrogen (secondary N) is 5. The Hall–Kier alpha value is -3.79. The molecule has 38 heavy (non-hydrogen) atoms. The van der Waals surface area contributed by atoms with E-state index < -0.39 is 38.4 Å². The Morgan fingerprint density at radius 2 is 1.24 bits per heavy atom. The van der Waals surface area contributed by atoms with Gasteiger partial charge in [0.2, 0.25) is 15.9 Å². The zero-order valence-electron chi connectivity index (χ0n) is 19.7. The third kappa shape index (κ3) is 8.11. The maximum atomic E-state index is 12.5. The van der Waals surface area contributed by atoms with Crippen LogP contribution >= 0.6 is 15.9 Å². The number of halogens is 1. The molecular weight excluding hydrogens is 602 g/mol. The lowest BCUT2D eigenvalue weighted by Crippen LogP contribution is -2.46. The molecule has 0 aliphatic rings. The summed E-state index contributed by atoms with van der Waals surface area (Å²) in [6.45, 7) is 0.655. The average Bonchev–Trinajstić information content (AvgIpc) is 2.86. The van der Waals surface area contributed by atoms with E-state index in [1.165, 1.54) is 67.6 Å². The molecule has 0 fully saturated rings. The summed E-state index contributed by atoms with van der Waals surface area (Å²) in [5, 5.41) is 2.51. The van der Waals surface area contributed by atoms with Crippen molar-refractivity contribution in [2.75, 3.05) is 16.6 Å². The number of anilines is 2. The molecule has 0 spiro atoms. The Bertz CT molecular complexity index is 1540. The largest absolute Gasteiger partial charge is 0.326 e. The Kier molecular flexibility index (Phi) is 9.22. The van der Waals surface area contributed by atoms with Crippen LogP contribution in [0.5, 0.6) is 0 Å². The zero-order chi connectivity index (χ0) is 27.9. The van der Waals surface area contributed by atoms with Crippen LogP contribution in [0.3, 0.4) is 0 Å². The lowest BCUT2D eigenvalue weighted by atomic mass is 10.2. The minimum Gasteiger partial charge on any atom is -0.326 e. The van der Waals surface area contributed by atoms with Crippen LogP contribution in [-0.2, 0) is 29.6 Å². The highest BCUT2D eigenvalue weighted by molar-refractivity contribution is 9.10. The summed E-state index contributed by atoms with van der Waals surface area (Å²) in [7, 11) is -7.86. The van der Waals surface area contributed by atoms with Gasteiger partial charge >= 0.3 is 0 Å². The predicted molar refractivity (Wildman–Crippen MR) is 143 cm³/mol. The van der Waals surface area contributed by atoms with E-state index in [0.29, 0.717) is 5.69 Å². The average molecular weight is 624 g/mol. The van der Waals surface area contributed by atoms with Gasteiger partial charge in [-0.25, -0.2) is 21.6 Å². The maximum absolute atomic E-state index is 12.5. The Morgan fingerprint density at radius 3 is 1.82 bits per heavy atom. The van der Waals surface area contributed by atoms with Gasteiger partial charge in [-0.2, -0.15) is 0 Å². The summed E-state index contributed by atoms with van der Waals surface area (Å²) in [6, 6.07) is 16.8. The smallest absolute Gasteiger partial charge is 0.269 e. The molecule has 0 aromatic heterocycles. The minimum absolute atomic E-state index is 0.0582. The van der Waals surface area contributed by atoms with Crippen molar-refractivity contribution in [2.45, 2.75) is 16.7 Å². The lowest BCUT2D eigenvalue weighted by molar-refractivity contribution is -0.120. The Balaban J connectivity index is 1.50. The second kappa shape index (κ2) is 12.2. The number of carbonyl (C=O) groups is 3. The van der Waals surface area contributed by atoms with Crippen molar-refractivity contribution in [3.8, 4) is 0 Å². The molecule has 0 aliphatic heterocycles. The number of amides is 3.